The van der Waals surface area contributed by atoms with E-state index in [0.29, 0.717) is 16.6 Å². The van der Waals surface area contributed by atoms with Gasteiger partial charge in [0.05, 0.1) is 13.3 Å². The first-order valence-corrected chi connectivity index (χ1v) is 4.39. The Morgan fingerprint density at radius 1 is 1.67 bits per heavy atom. The molecule has 5 heteroatoms. The summed E-state index contributed by atoms with van der Waals surface area (Å²) >= 11 is 1.41. The molecule has 0 radical (unpaired) electrons. The normalized spacial score (nSPS) is 9.08. The van der Waals surface area contributed by atoms with E-state index >= 15 is 0 Å². The van der Waals surface area contributed by atoms with Crippen LogP contribution in [0.5, 0.6) is 5.88 Å². The van der Waals surface area contributed by atoms with E-state index in [2.05, 4.69) is 9.97 Å². The maximum atomic E-state index is 8.60. The molecule has 0 fully saturated rings. The maximum absolute atomic E-state index is 8.60. The molecule has 1 heterocycles. The van der Waals surface area contributed by atoms with Crippen molar-refractivity contribution in [2.45, 2.75) is 5.16 Å². The number of rotatable bonds is 2. The zero-order valence-corrected chi connectivity index (χ0v) is 7.55. The second kappa shape index (κ2) is 3.93. The van der Waals surface area contributed by atoms with Crippen LogP contribution in [-0.2, 0) is 0 Å². The van der Waals surface area contributed by atoms with Crippen LogP contribution < -0.4 is 4.74 Å². The monoisotopic (exact) mass is 181 g/mol. The number of thioether (sulfide) groups is 1. The molecule has 0 aromatic carbocycles. The van der Waals surface area contributed by atoms with Crippen LogP contribution in [0.1, 0.15) is 5.56 Å². The first-order chi connectivity index (χ1) is 5.81. The summed E-state index contributed by atoms with van der Waals surface area (Å²) in [5.74, 6) is 0.330. The van der Waals surface area contributed by atoms with E-state index in [1.165, 1.54) is 25.1 Å². The van der Waals surface area contributed by atoms with E-state index in [1.54, 1.807) is 0 Å². The lowest BCUT2D eigenvalue weighted by atomic mass is 10.4. The van der Waals surface area contributed by atoms with Crippen molar-refractivity contribution in [3.05, 3.63) is 11.8 Å². The van der Waals surface area contributed by atoms with Crippen molar-refractivity contribution in [3.63, 3.8) is 0 Å². The highest BCUT2D eigenvalue weighted by molar-refractivity contribution is 7.98. The minimum atomic E-state index is 0.330. The van der Waals surface area contributed by atoms with Gasteiger partial charge in [0.2, 0.25) is 5.88 Å². The molecule has 0 amide bonds. The predicted octanol–water partition coefficient (Wildman–Crippen LogP) is 1.08. The van der Waals surface area contributed by atoms with Crippen LogP contribution in [0.15, 0.2) is 11.4 Å². The van der Waals surface area contributed by atoms with Gasteiger partial charge in [-0.1, -0.05) is 11.8 Å². The molecule has 0 aliphatic heterocycles. The molecule has 0 N–H and O–H groups in total. The van der Waals surface area contributed by atoms with Crippen LogP contribution in [-0.4, -0.2) is 23.3 Å². The molecule has 1 aromatic rings. The number of hydrogen-bond donors (Lipinski definition) is 0. The third-order valence-corrected chi connectivity index (χ3v) is 1.79. The minimum absolute atomic E-state index is 0.330. The summed E-state index contributed by atoms with van der Waals surface area (Å²) in [6, 6.07) is 1.94. The fraction of sp³-hybridized carbons (Fsp3) is 0.286. The molecule has 62 valence electrons. The predicted molar refractivity (Wildman–Crippen MR) is 45.1 cm³/mol. The van der Waals surface area contributed by atoms with Crippen LogP contribution in [0.3, 0.4) is 0 Å². The van der Waals surface area contributed by atoms with Gasteiger partial charge in [0.15, 0.2) is 5.16 Å². The smallest absolute Gasteiger partial charge is 0.235 e. The van der Waals surface area contributed by atoms with Crippen molar-refractivity contribution < 1.29 is 4.74 Å². The summed E-state index contributed by atoms with van der Waals surface area (Å²) < 4.78 is 4.89. The Hall–Kier alpha value is -1.28. The lowest BCUT2D eigenvalue weighted by molar-refractivity contribution is 0.391. The van der Waals surface area contributed by atoms with Crippen molar-refractivity contribution in [1.29, 1.82) is 5.26 Å². The first-order valence-electron chi connectivity index (χ1n) is 3.17. The van der Waals surface area contributed by atoms with Crippen LogP contribution >= 0.6 is 11.8 Å². The SMILES string of the molecule is COc1nc(SC)ncc1C#N. The molecule has 0 unspecified atom stereocenters. The maximum Gasteiger partial charge on any atom is 0.235 e. The Kier molecular flexibility index (Phi) is 2.88. The summed E-state index contributed by atoms with van der Waals surface area (Å²) in [5, 5.41) is 9.20. The third kappa shape index (κ3) is 1.66. The van der Waals surface area contributed by atoms with Gasteiger partial charge >= 0.3 is 0 Å². The Morgan fingerprint density at radius 2 is 2.42 bits per heavy atom. The van der Waals surface area contributed by atoms with Gasteiger partial charge in [0.1, 0.15) is 11.6 Å². The molecular weight excluding hydrogens is 174 g/mol. The molecule has 4 nitrogen and oxygen atoms in total. The largest absolute Gasteiger partial charge is 0.480 e. The second-order valence-corrected chi connectivity index (χ2v) is 2.66. The lowest BCUT2D eigenvalue weighted by Gasteiger charge is -2.00. The number of methoxy groups -OCH3 is 1. The first kappa shape index (κ1) is 8.81. The number of aromatic nitrogens is 2. The summed E-state index contributed by atoms with van der Waals surface area (Å²) in [4.78, 5) is 7.91. The highest BCUT2D eigenvalue weighted by atomic mass is 32.2. The van der Waals surface area contributed by atoms with Gasteiger partial charge in [-0.3, -0.25) is 0 Å². The standard InChI is InChI=1S/C7H7N3OS/c1-11-6-5(3-8)4-9-7(10-6)12-2/h4H,1-2H3. The molecule has 0 bridgehead atoms. The van der Waals surface area contributed by atoms with Crippen LogP contribution in [0.4, 0.5) is 0 Å². The van der Waals surface area contributed by atoms with Crippen molar-refractivity contribution >= 4 is 11.8 Å². The van der Waals surface area contributed by atoms with E-state index in [1.807, 2.05) is 12.3 Å². The lowest BCUT2D eigenvalue weighted by Crippen LogP contribution is -1.95. The molecule has 0 aliphatic carbocycles. The van der Waals surface area contributed by atoms with Crippen molar-refractivity contribution in [2.24, 2.45) is 0 Å². The summed E-state index contributed by atoms with van der Waals surface area (Å²) in [6.07, 6.45) is 3.32. The molecule has 0 saturated carbocycles. The van der Waals surface area contributed by atoms with Crippen LogP contribution in [0.25, 0.3) is 0 Å². The molecule has 0 aliphatic rings. The Labute approximate surface area is 74.6 Å². The van der Waals surface area contributed by atoms with Crippen molar-refractivity contribution in [3.8, 4) is 11.9 Å². The highest BCUT2D eigenvalue weighted by Crippen LogP contribution is 2.16. The summed E-state index contributed by atoms with van der Waals surface area (Å²) in [7, 11) is 1.48. The number of hydrogen-bond acceptors (Lipinski definition) is 5. The zero-order valence-electron chi connectivity index (χ0n) is 6.74. The Morgan fingerprint density at radius 3 is 2.92 bits per heavy atom. The zero-order chi connectivity index (χ0) is 8.97. The third-order valence-electron chi connectivity index (χ3n) is 1.23. The van der Waals surface area contributed by atoms with E-state index in [9.17, 15) is 0 Å². The highest BCUT2D eigenvalue weighted by Gasteiger charge is 2.05. The molecule has 12 heavy (non-hydrogen) atoms. The van der Waals surface area contributed by atoms with E-state index in [0.717, 1.165) is 0 Å². The fourth-order valence-electron chi connectivity index (χ4n) is 0.682. The van der Waals surface area contributed by atoms with Gasteiger partial charge in [-0.15, -0.1) is 0 Å². The number of nitriles is 1. The molecule has 0 spiro atoms. The van der Waals surface area contributed by atoms with Gasteiger partial charge in [-0.05, 0) is 6.26 Å². The topological polar surface area (TPSA) is 58.8 Å². The minimum Gasteiger partial charge on any atom is -0.480 e. The summed E-state index contributed by atoms with van der Waals surface area (Å²) in [6.45, 7) is 0. The van der Waals surface area contributed by atoms with Gasteiger partial charge in [-0.25, -0.2) is 4.98 Å². The molecule has 1 rings (SSSR count). The van der Waals surface area contributed by atoms with Gasteiger partial charge in [0.25, 0.3) is 0 Å². The molecule has 1 aromatic heterocycles. The Balaban J connectivity index is 3.13. The van der Waals surface area contributed by atoms with Crippen LogP contribution in [0.2, 0.25) is 0 Å². The quantitative estimate of drug-likeness (QED) is 0.504. The van der Waals surface area contributed by atoms with Gasteiger partial charge in [-0.2, -0.15) is 10.2 Å². The van der Waals surface area contributed by atoms with Gasteiger partial charge in [0, 0.05) is 0 Å². The number of ether oxygens (including phenoxy) is 1. The van der Waals surface area contributed by atoms with E-state index in [-0.39, 0.29) is 0 Å². The van der Waals surface area contributed by atoms with Crippen molar-refractivity contribution in [2.75, 3.05) is 13.4 Å². The molecular formula is C7H7N3OS. The van der Waals surface area contributed by atoms with Crippen molar-refractivity contribution in [1.82, 2.24) is 9.97 Å². The molecule has 0 saturated heterocycles. The summed E-state index contributed by atoms with van der Waals surface area (Å²) in [5.41, 5.74) is 0.357. The van der Waals surface area contributed by atoms with Crippen LogP contribution in [0, 0.1) is 11.3 Å². The Bertz CT molecular complexity index is 321. The van der Waals surface area contributed by atoms with E-state index < -0.39 is 0 Å². The average Bonchev–Trinajstić information content (AvgIpc) is 2.16. The molecule has 0 atom stereocenters. The fourth-order valence-corrected chi connectivity index (χ4v) is 1.01. The van der Waals surface area contributed by atoms with Gasteiger partial charge < -0.3 is 4.74 Å². The average molecular weight is 181 g/mol. The second-order valence-electron chi connectivity index (χ2n) is 1.89. The number of nitrogens with zero attached hydrogens (tertiary/aromatic N) is 3. The van der Waals surface area contributed by atoms with E-state index in [4.69, 9.17) is 10.00 Å².